The Morgan fingerprint density at radius 3 is 2.82 bits per heavy atom. The first-order valence-corrected chi connectivity index (χ1v) is 8.26. The number of nitrogens with zero attached hydrogens (tertiary/aromatic N) is 2. The molecule has 1 amide bonds. The van der Waals surface area contributed by atoms with E-state index in [9.17, 15) is 4.79 Å². The van der Waals surface area contributed by atoms with Crippen LogP contribution in [0.3, 0.4) is 0 Å². The number of benzene rings is 1. The molecule has 22 heavy (non-hydrogen) atoms. The highest BCUT2D eigenvalue weighted by atomic mass is 79.9. The molecule has 0 atom stereocenters. The number of halogens is 1. The van der Waals surface area contributed by atoms with Gasteiger partial charge in [-0.25, -0.2) is 4.98 Å². The lowest BCUT2D eigenvalue weighted by atomic mass is 10.2. The Balaban J connectivity index is 1.72. The van der Waals surface area contributed by atoms with Gasteiger partial charge in [-0.1, -0.05) is 28.1 Å². The standard InChI is InChI=1S/C17H18BrN3O/c18-14-6-3-5-13(11-14)12-20-17(22)15-7-4-8-19-16(15)21-9-1-2-10-21/h3-8,11H,1-2,9-10,12H2,(H,20,22). The summed E-state index contributed by atoms with van der Waals surface area (Å²) in [6, 6.07) is 11.6. The number of nitrogens with one attached hydrogen (secondary N) is 1. The van der Waals surface area contributed by atoms with Gasteiger partial charge in [0, 0.05) is 30.3 Å². The van der Waals surface area contributed by atoms with Crippen LogP contribution in [0, 0.1) is 0 Å². The summed E-state index contributed by atoms with van der Waals surface area (Å²) in [5, 5.41) is 2.98. The summed E-state index contributed by atoms with van der Waals surface area (Å²) in [7, 11) is 0. The Kier molecular flexibility index (Phi) is 4.73. The van der Waals surface area contributed by atoms with Gasteiger partial charge >= 0.3 is 0 Å². The van der Waals surface area contributed by atoms with Gasteiger partial charge in [-0.2, -0.15) is 0 Å². The predicted molar refractivity (Wildman–Crippen MR) is 91.0 cm³/mol. The Morgan fingerprint density at radius 1 is 1.23 bits per heavy atom. The van der Waals surface area contributed by atoms with E-state index >= 15 is 0 Å². The normalized spacial score (nSPS) is 14.1. The first-order chi connectivity index (χ1) is 10.7. The molecule has 1 saturated heterocycles. The number of carbonyl (C=O) groups is 1. The van der Waals surface area contributed by atoms with Crippen molar-refractivity contribution in [3.63, 3.8) is 0 Å². The molecular weight excluding hydrogens is 342 g/mol. The largest absolute Gasteiger partial charge is 0.356 e. The zero-order valence-corrected chi connectivity index (χ0v) is 13.8. The Morgan fingerprint density at radius 2 is 2.05 bits per heavy atom. The number of anilines is 1. The molecule has 0 bridgehead atoms. The fourth-order valence-electron chi connectivity index (χ4n) is 2.68. The quantitative estimate of drug-likeness (QED) is 0.909. The maximum absolute atomic E-state index is 12.5. The van der Waals surface area contributed by atoms with Gasteiger partial charge in [0.25, 0.3) is 5.91 Å². The van der Waals surface area contributed by atoms with E-state index in [1.165, 1.54) is 0 Å². The van der Waals surface area contributed by atoms with E-state index in [1.54, 1.807) is 6.20 Å². The summed E-state index contributed by atoms with van der Waals surface area (Å²) in [5.74, 6) is 0.724. The molecule has 3 rings (SSSR count). The van der Waals surface area contributed by atoms with Gasteiger partial charge in [-0.15, -0.1) is 0 Å². The zero-order valence-electron chi connectivity index (χ0n) is 12.3. The second kappa shape index (κ2) is 6.92. The van der Waals surface area contributed by atoms with E-state index in [-0.39, 0.29) is 5.91 Å². The van der Waals surface area contributed by atoms with E-state index in [2.05, 4.69) is 31.1 Å². The van der Waals surface area contributed by atoms with Gasteiger partial charge < -0.3 is 10.2 Å². The topological polar surface area (TPSA) is 45.2 Å². The lowest BCUT2D eigenvalue weighted by Crippen LogP contribution is -2.27. The van der Waals surface area contributed by atoms with E-state index < -0.39 is 0 Å². The summed E-state index contributed by atoms with van der Waals surface area (Å²) in [6.07, 6.45) is 4.07. The van der Waals surface area contributed by atoms with Gasteiger partial charge in [0.1, 0.15) is 5.82 Å². The monoisotopic (exact) mass is 359 g/mol. The third kappa shape index (κ3) is 3.47. The molecule has 1 N–H and O–H groups in total. The number of rotatable bonds is 4. The second-order valence-electron chi connectivity index (χ2n) is 5.38. The van der Waals surface area contributed by atoms with Gasteiger partial charge in [-0.05, 0) is 42.7 Å². The van der Waals surface area contributed by atoms with Crippen LogP contribution in [-0.2, 0) is 6.54 Å². The van der Waals surface area contributed by atoms with Crippen LogP contribution >= 0.6 is 15.9 Å². The Hall–Kier alpha value is -1.88. The number of aromatic nitrogens is 1. The van der Waals surface area contributed by atoms with Crippen molar-refractivity contribution in [1.82, 2.24) is 10.3 Å². The second-order valence-corrected chi connectivity index (χ2v) is 6.30. The van der Waals surface area contributed by atoms with E-state index in [4.69, 9.17) is 0 Å². The smallest absolute Gasteiger partial charge is 0.255 e. The highest BCUT2D eigenvalue weighted by Crippen LogP contribution is 2.22. The van der Waals surface area contributed by atoms with Gasteiger partial charge in [0.05, 0.1) is 5.56 Å². The minimum atomic E-state index is -0.0741. The molecule has 0 spiro atoms. The minimum absolute atomic E-state index is 0.0741. The molecule has 5 heteroatoms. The molecule has 0 aliphatic carbocycles. The van der Waals surface area contributed by atoms with Crippen LogP contribution < -0.4 is 10.2 Å². The zero-order chi connectivity index (χ0) is 15.4. The molecule has 0 radical (unpaired) electrons. The molecule has 1 fully saturated rings. The van der Waals surface area contributed by atoms with Crippen molar-refractivity contribution >= 4 is 27.7 Å². The first-order valence-electron chi connectivity index (χ1n) is 7.46. The predicted octanol–water partition coefficient (Wildman–Crippen LogP) is 3.37. The van der Waals surface area contributed by atoms with E-state index in [1.807, 2.05) is 36.4 Å². The van der Waals surface area contributed by atoms with Crippen molar-refractivity contribution in [3.8, 4) is 0 Å². The van der Waals surface area contributed by atoms with Crippen molar-refractivity contribution in [2.75, 3.05) is 18.0 Å². The molecule has 2 heterocycles. The molecule has 114 valence electrons. The number of hydrogen-bond acceptors (Lipinski definition) is 3. The minimum Gasteiger partial charge on any atom is -0.356 e. The van der Waals surface area contributed by atoms with Crippen molar-refractivity contribution in [2.24, 2.45) is 0 Å². The molecular formula is C17H18BrN3O. The van der Waals surface area contributed by atoms with Crippen LogP contribution in [-0.4, -0.2) is 24.0 Å². The van der Waals surface area contributed by atoms with Crippen molar-refractivity contribution in [1.29, 1.82) is 0 Å². The summed E-state index contributed by atoms with van der Waals surface area (Å²) in [5.41, 5.74) is 1.72. The summed E-state index contributed by atoms with van der Waals surface area (Å²) in [4.78, 5) is 19.1. The van der Waals surface area contributed by atoms with Crippen LogP contribution in [0.1, 0.15) is 28.8 Å². The van der Waals surface area contributed by atoms with Gasteiger partial charge in [0.2, 0.25) is 0 Å². The lowest BCUT2D eigenvalue weighted by Gasteiger charge is -2.19. The highest BCUT2D eigenvalue weighted by Gasteiger charge is 2.20. The Labute approximate surface area is 138 Å². The summed E-state index contributed by atoms with van der Waals surface area (Å²) in [6.45, 7) is 2.46. The van der Waals surface area contributed by atoms with E-state index in [0.717, 1.165) is 41.8 Å². The molecule has 4 nitrogen and oxygen atoms in total. The van der Waals surface area contributed by atoms with Crippen molar-refractivity contribution < 1.29 is 4.79 Å². The van der Waals surface area contributed by atoms with Crippen LogP contribution in [0.25, 0.3) is 0 Å². The molecule has 0 saturated carbocycles. The molecule has 0 unspecified atom stereocenters. The van der Waals surface area contributed by atoms with Crippen LogP contribution in [0.4, 0.5) is 5.82 Å². The number of hydrogen-bond donors (Lipinski definition) is 1. The SMILES string of the molecule is O=C(NCc1cccc(Br)c1)c1cccnc1N1CCCC1. The number of carbonyl (C=O) groups excluding carboxylic acids is 1. The maximum atomic E-state index is 12.5. The van der Waals surface area contributed by atoms with Crippen molar-refractivity contribution in [3.05, 3.63) is 58.2 Å². The maximum Gasteiger partial charge on any atom is 0.255 e. The average Bonchev–Trinajstić information content (AvgIpc) is 3.07. The third-order valence-electron chi connectivity index (χ3n) is 3.78. The number of pyridine rings is 1. The Bertz CT molecular complexity index is 668. The van der Waals surface area contributed by atoms with Crippen LogP contribution in [0.5, 0.6) is 0 Å². The molecule has 2 aromatic rings. The molecule has 1 aliphatic rings. The molecule has 1 aromatic heterocycles. The summed E-state index contributed by atoms with van der Waals surface area (Å²) >= 11 is 3.44. The third-order valence-corrected chi connectivity index (χ3v) is 4.27. The first kappa shape index (κ1) is 15.0. The lowest BCUT2D eigenvalue weighted by molar-refractivity contribution is 0.0951. The molecule has 1 aliphatic heterocycles. The van der Waals surface area contributed by atoms with Crippen LogP contribution in [0.2, 0.25) is 0 Å². The van der Waals surface area contributed by atoms with Crippen LogP contribution in [0.15, 0.2) is 47.1 Å². The number of amides is 1. The van der Waals surface area contributed by atoms with E-state index in [0.29, 0.717) is 12.1 Å². The van der Waals surface area contributed by atoms with Gasteiger partial charge in [0.15, 0.2) is 0 Å². The fourth-order valence-corrected chi connectivity index (χ4v) is 3.13. The summed E-state index contributed by atoms with van der Waals surface area (Å²) < 4.78 is 1.01. The fraction of sp³-hybridized carbons (Fsp3) is 0.294. The average molecular weight is 360 g/mol. The molecule has 1 aromatic carbocycles. The van der Waals surface area contributed by atoms with Gasteiger partial charge in [-0.3, -0.25) is 4.79 Å². The van der Waals surface area contributed by atoms with Crippen molar-refractivity contribution in [2.45, 2.75) is 19.4 Å². The highest BCUT2D eigenvalue weighted by molar-refractivity contribution is 9.10.